The summed E-state index contributed by atoms with van der Waals surface area (Å²) in [5.74, 6) is 5.02. The van der Waals surface area contributed by atoms with Crippen LogP contribution in [0.15, 0.2) is 18.2 Å². The Morgan fingerprint density at radius 1 is 1.20 bits per heavy atom. The summed E-state index contributed by atoms with van der Waals surface area (Å²) in [5, 5.41) is 0. The van der Waals surface area contributed by atoms with Gasteiger partial charge < -0.3 is 10.3 Å². The molecule has 0 unspecified atom stereocenters. The van der Waals surface area contributed by atoms with Gasteiger partial charge in [-0.1, -0.05) is 0 Å². The third-order valence-corrected chi connectivity index (χ3v) is 2.81. The molecule has 0 radical (unpaired) electrons. The van der Waals surface area contributed by atoms with Crippen molar-refractivity contribution >= 4 is 11.4 Å². The zero-order valence-electron chi connectivity index (χ0n) is 8.67. The molecule has 1 aliphatic rings. The fourth-order valence-electron chi connectivity index (χ4n) is 1.99. The number of rotatable bonds is 2. The number of nitrogen functional groups attached to an aromatic ring is 1. The van der Waals surface area contributed by atoms with E-state index in [0.29, 0.717) is 11.4 Å². The van der Waals surface area contributed by atoms with Gasteiger partial charge >= 0.3 is 0 Å². The van der Waals surface area contributed by atoms with Gasteiger partial charge in [0.05, 0.1) is 11.4 Å². The van der Waals surface area contributed by atoms with E-state index in [0.717, 1.165) is 25.9 Å². The molecule has 0 atom stereocenters. The van der Waals surface area contributed by atoms with Gasteiger partial charge in [-0.25, -0.2) is 4.39 Å². The van der Waals surface area contributed by atoms with Gasteiger partial charge in [0.2, 0.25) is 0 Å². The van der Waals surface area contributed by atoms with E-state index in [9.17, 15) is 4.39 Å². The number of halogens is 1. The van der Waals surface area contributed by atoms with E-state index < -0.39 is 0 Å². The predicted octanol–water partition coefficient (Wildman–Crippen LogP) is 2.10. The van der Waals surface area contributed by atoms with Crippen LogP contribution in [0.3, 0.4) is 0 Å². The normalized spacial score (nSPS) is 16.5. The smallest absolute Gasteiger partial charge is 0.148 e. The molecule has 82 valence electrons. The summed E-state index contributed by atoms with van der Waals surface area (Å²) in [5.41, 5.74) is 3.73. The SMILES string of the molecule is NNc1ccc(N2CCCCC2)c(F)c1. The highest BCUT2D eigenvalue weighted by Crippen LogP contribution is 2.25. The van der Waals surface area contributed by atoms with E-state index in [1.54, 1.807) is 12.1 Å². The zero-order valence-corrected chi connectivity index (χ0v) is 8.67. The van der Waals surface area contributed by atoms with Crippen molar-refractivity contribution in [1.29, 1.82) is 0 Å². The van der Waals surface area contributed by atoms with Gasteiger partial charge in [-0.15, -0.1) is 0 Å². The minimum atomic E-state index is -0.202. The van der Waals surface area contributed by atoms with Crippen molar-refractivity contribution < 1.29 is 4.39 Å². The fourth-order valence-corrected chi connectivity index (χ4v) is 1.99. The minimum absolute atomic E-state index is 0.202. The lowest BCUT2D eigenvalue weighted by molar-refractivity contribution is 0.557. The maximum Gasteiger partial charge on any atom is 0.148 e. The second kappa shape index (κ2) is 4.49. The summed E-state index contributed by atoms with van der Waals surface area (Å²) < 4.78 is 13.7. The summed E-state index contributed by atoms with van der Waals surface area (Å²) in [6.07, 6.45) is 3.55. The summed E-state index contributed by atoms with van der Waals surface area (Å²) in [4.78, 5) is 2.10. The second-order valence-electron chi connectivity index (χ2n) is 3.86. The van der Waals surface area contributed by atoms with Gasteiger partial charge in [-0.3, -0.25) is 5.84 Å². The molecule has 1 aliphatic heterocycles. The van der Waals surface area contributed by atoms with E-state index in [1.165, 1.54) is 12.5 Å². The molecule has 1 saturated heterocycles. The van der Waals surface area contributed by atoms with Gasteiger partial charge in [0.15, 0.2) is 0 Å². The minimum Gasteiger partial charge on any atom is -0.369 e. The molecule has 0 bridgehead atoms. The predicted molar refractivity (Wildman–Crippen MR) is 60.3 cm³/mol. The van der Waals surface area contributed by atoms with Crippen LogP contribution in [0.2, 0.25) is 0 Å². The quantitative estimate of drug-likeness (QED) is 0.579. The molecule has 1 heterocycles. The third kappa shape index (κ3) is 2.21. The van der Waals surface area contributed by atoms with Crippen molar-refractivity contribution in [1.82, 2.24) is 0 Å². The highest BCUT2D eigenvalue weighted by Gasteiger charge is 2.14. The fraction of sp³-hybridized carbons (Fsp3) is 0.455. The van der Waals surface area contributed by atoms with Crippen LogP contribution in [0.5, 0.6) is 0 Å². The van der Waals surface area contributed by atoms with E-state index in [4.69, 9.17) is 5.84 Å². The molecule has 0 saturated carbocycles. The topological polar surface area (TPSA) is 41.3 Å². The van der Waals surface area contributed by atoms with Crippen LogP contribution < -0.4 is 16.2 Å². The van der Waals surface area contributed by atoms with E-state index in [1.807, 2.05) is 0 Å². The molecule has 0 spiro atoms. The Morgan fingerprint density at radius 3 is 2.53 bits per heavy atom. The number of nitrogens with zero attached hydrogens (tertiary/aromatic N) is 1. The highest BCUT2D eigenvalue weighted by atomic mass is 19.1. The number of hydrogen-bond donors (Lipinski definition) is 2. The number of benzene rings is 1. The molecule has 0 amide bonds. The summed E-state index contributed by atoms with van der Waals surface area (Å²) in [7, 11) is 0. The van der Waals surface area contributed by atoms with Crippen molar-refractivity contribution in [2.75, 3.05) is 23.4 Å². The maximum absolute atomic E-state index is 13.7. The monoisotopic (exact) mass is 209 g/mol. The lowest BCUT2D eigenvalue weighted by atomic mass is 10.1. The molecular weight excluding hydrogens is 193 g/mol. The molecule has 4 heteroatoms. The van der Waals surface area contributed by atoms with Crippen LogP contribution in [-0.4, -0.2) is 13.1 Å². The van der Waals surface area contributed by atoms with Crippen molar-refractivity contribution in [3.8, 4) is 0 Å². The Morgan fingerprint density at radius 2 is 1.93 bits per heavy atom. The maximum atomic E-state index is 13.7. The van der Waals surface area contributed by atoms with Crippen LogP contribution in [0.25, 0.3) is 0 Å². The van der Waals surface area contributed by atoms with Crippen molar-refractivity contribution in [3.05, 3.63) is 24.0 Å². The first-order valence-corrected chi connectivity index (χ1v) is 5.32. The summed E-state index contributed by atoms with van der Waals surface area (Å²) >= 11 is 0. The van der Waals surface area contributed by atoms with Gasteiger partial charge in [-0.2, -0.15) is 0 Å². The lowest BCUT2D eigenvalue weighted by Gasteiger charge is -2.29. The van der Waals surface area contributed by atoms with E-state index >= 15 is 0 Å². The second-order valence-corrected chi connectivity index (χ2v) is 3.86. The number of piperidine rings is 1. The number of anilines is 2. The Hall–Kier alpha value is -1.29. The number of hydrazine groups is 1. The first-order chi connectivity index (χ1) is 7.31. The van der Waals surface area contributed by atoms with Crippen LogP contribution in [0.1, 0.15) is 19.3 Å². The molecule has 3 N–H and O–H groups in total. The molecule has 1 aromatic rings. The molecule has 15 heavy (non-hydrogen) atoms. The summed E-state index contributed by atoms with van der Waals surface area (Å²) in [6.45, 7) is 1.90. The van der Waals surface area contributed by atoms with Crippen molar-refractivity contribution in [3.63, 3.8) is 0 Å². The number of hydrogen-bond acceptors (Lipinski definition) is 3. The van der Waals surface area contributed by atoms with Crippen LogP contribution in [-0.2, 0) is 0 Å². The highest BCUT2D eigenvalue weighted by molar-refractivity contribution is 5.56. The first kappa shape index (κ1) is 10.2. The Labute approximate surface area is 89.0 Å². The van der Waals surface area contributed by atoms with E-state index in [2.05, 4.69) is 10.3 Å². The Balaban J connectivity index is 2.19. The van der Waals surface area contributed by atoms with Crippen molar-refractivity contribution in [2.45, 2.75) is 19.3 Å². The summed E-state index contributed by atoms with van der Waals surface area (Å²) in [6, 6.07) is 5.02. The number of nitrogens with two attached hydrogens (primary N) is 1. The van der Waals surface area contributed by atoms with Crippen LogP contribution in [0.4, 0.5) is 15.8 Å². The van der Waals surface area contributed by atoms with Crippen LogP contribution >= 0.6 is 0 Å². The molecule has 1 aromatic carbocycles. The Bertz CT molecular complexity index is 335. The average Bonchev–Trinajstić information content (AvgIpc) is 2.30. The first-order valence-electron chi connectivity index (χ1n) is 5.32. The standard InChI is InChI=1S/C11H16FN3/c12-10-8-9(14-13)4-5-11(10)15-6-2-1-3-7-15/h4-5,8,14H,1-3,6-7,13H2. The Kier molecular flexibility index (Phi) is 3.06. The largest absolute Gasteiger partial charge is 0.369 e. The molecule has 1 fully saturated rings. The van der Waals surface area contributed by atoms with Gasteiger partial charge in [0.1, 0.15) is 5.82 Å². The van der Waals surface area contributed by atoms with E-state index in [-0.39, 0.29) is 5.82 Å². The zero-order chi connectivity index (χ0) is 10.7. The average molecular weight is 209 g/mol. The van der Waals surface area contributed by atoms with Crippen molar-refractivity contribution in [2.24, 2.45) is 5.84 Å². The molecular formula is C11H16FN3. The van der Waals surface area contributed by atoms with Gasteiger partial charge in [-0.05, 0) is 31.4 Å². The molecule has 3 nitrogen and oxygen atoms in total. The van der Waals surface area contributed by atoms with Gasteiger partial charge in [0.25, 0.3) is 0 Å². The molecule has 2 rings (SSSR count). The lowest BCUT2D eigenvalue weighted by Crippen LogP contribution is -2.30. The van der Waals surface area contributed by atoms with Crippen LogP contribution in [0, 0.1) is 5.82 Å². The number of nitrogens with one attached hydrogen (secondary N) is 1. The molecule has 0 aliphatic carbocycles. The third-order valence-electron chi connectivity index (χ3n) is 2.81. The van der Waals surface area contributed by atoms with Gasteiger partial charge in [0, 0.05) is 19.2 Å². The molecule has 0 aromatic heterocycles.